The minimum absolute atomic E-state index is 0.0454. The molecule has 172 valence electrons. The third-order valence-corrected chi connectivity index (χ3v) is 8.25. The predicted molar refractivity (Wildman–Crippen MR) is 127 cm³/mol. The maximum atomic E-state index is 13.2. The van der Waals surface area contributed by atoms with E-state index in [2.05, 4.69) is 4.90 Å². The number of rotatable bonds is 3. The molecule has 2 saturated heterocycles. The number of piperidine rings is 1. The van der Waals surface area contributed by atoms with Crippen LogP contribution < -0.4 is 5.73 Å². The molecule has 0 unspecified atom stereocenters. The summed E-state index contributed by atoms with van der Waals surface area (Å²) in [5, 5.41) is 1.56. The number of likely N-dealkylation sites (tertiary alicyclic amines) is 1. The first-order chi connectivity index (χ1) is 15.6. The highest BCUT2D eigenvalue weighted by molar-refractivity contribution is 7.23. The zero-order valence-electron chi connectivity index (χ0n) is 18.5. The molecule has 1 aromatic carbocycles. The fourth-order valence-electron chi connectivity index (χ4n) is 5.37. The number of amides is 2. The summed E-state index contributed by atoms with van der Waals surface area (Å²) in [6, 6.07) is 8.40. The molecule has 0 spiro atoms. The fourth-order valence-corrected chi connectivity index (χ4v) is 6.33. The Hall–Kier alpha value is -2.32. The third-order valence-electron chi connectivity index (χ3n) is 7.25. The number of piperazine rings is 1. The Balaban J connectivity index is 1.12. The zero-order chi connectivity index (χ0) is 22.1. The highest BCUT2D eigenvalue weighted by Gasteiger charge is 2.32. The highest BCUT2D eigenvalue weighted by atomic mass is 32.1. The molecule has 1 aromatic heterocycles. The number of thiophene rings is 1. The van der Waals surface area contributed by atoms with E-state index in [1.807, 2.05) is 34.1 Å². The van der Waals surface area contributed by atoms with Crippen LogP contribution in [0.1, 0.15) is 48.9 Å². The second-order valence-corrected chi connectivity index (χ2v) is 10.3. The molecular formula is C24H32N4O3S. The van der Waals surface area contributed by atoms with Crippen molar-refractivity contribution < 1.29 is 14.3 Å². The first kappa shape index (κ1) is 21.5. The van der Waals surface area contributed by atoms with E-state index in [1.54, 1.807) is 0 Å². The zero-order valence-corrected chi connectivity index (χ0v) is 19.3. The summed E-state index contributed by atoms with van der Waals surface area (Å²) in [4.78, 5) is 31.9. The first-order valence-electron chi connectivity index (χ1n) is 11.9. The average Bonchev–Trinajstić information content (AvgIpc) is 3.45. The Bertz CT molecular complexity index is 971. The normalized spacial score (nSPS) is 21.4. The smallest absolute Gasteiger partial charge is 0.410 e. The standard InChI is InChI=1S/C24H32N4O3S/c25-22-21(19-7-3-4-8-20(19)32-22)23(29)27-15-13-26(14-16-27)17-9-11-28(12-10-17)24(30)31-18-5-1-2-6-18/h3-4,7-8,17-18H,1-2,5-6,9-16,25H2. The van der Waals surface area contributed by atoms with E-state index in [0.717, 1.165) is 61.9 Å². The molecule has 5 rings (SSSR count). The number of carbonyl (C=O) groups excluding carboxylic acids is 2. The molecule has 2 aliphatic heterocycles. The maximum Gasteiger partial charge on any atom is 0.410 e. The topological polar surface area (TPSA) is 79.1 Å². The minimum atomic E-state index is -0.133. The van der Waals surface area contributed by atoms with Gasteiger partial charge in [-0.05, 0) is 44.6 Å². The Labute approximate surface area is 193 Å². The summed E-state index contributed by atoms with van der Waals surface area (Å²) in [5.74, 6) is 0.0454. The molecule has 2 aromatic rings. The highest BCUT2D eigenvalue weighted by Crippen LogP contribution is 2.34. The second kappa shape index (κ2) is 9.27. The molecule has 0 radical (unpaired) electrons. The van der Waals surface area contributed by atoms with Gasteiger partial charge in [0, 0.05) is 55.4 Å². The van der Waals surface area contributed by atoms with Crippen LogP contribution in [0.2, 0.25) is 0 Å². The summed E-state index contributed by atoms with van der Waals surface area (Å²) < 4.78 is 6.73. The van der Waals surface area contributed by atoms with Crippen molar-refractivity contribution in [1.29, 1.82) is 0 Å². The van der Waals surface area contributed by atoms with Gasteiger partial charge in [0.15, 0.2) is 0 Å². The Morgan fingerprint density at radius 3 is 2.31 bits per heavy atom. The van der Waals surface area contributed by atoms with Crippen LogP contribution in [0, 0.1) is 0 Å². The van der Waals surface area contributed by atoms with Crippen LogP contribution in [-0.2, 0) is 4.74 Å². The number of hydrogen-bond acceptors (Lipinski definition) is 6. The van der Waals surface area contributed by atoms with Crippen LogP contribution in [0.5, 0.6) is 0 Å². The lowest BCUT2D eigenvalue weighted by atomic mass is 10.0. The van der Waals surface area contributed by atoms with Crippen LogP contribution >= 0.6 is 11.3 Å². The van der Waals surface area contributed by atoms with Crippen LogP contribution in [0.25, 0.3) is 10.1 Å². The van der Waals surface area contributed by atoms with Gasteiger partial charge in [0.05, 0.1) is 10.6 Å². The summed E-state index contributed by atoms with van der Waals surface area (Å²) in [6.45, 7) is 4.67. The Morgan fingerprint density at radius 1 is 0.906 bits per heavy atom. The Morgan fingerprint density at radius 2 is 1.59 bits per heavy atom. The average molecular weight is 457 g/mol. The molecule has 8 heteroatoms. The number of anilines is 1. The van der Waals surface area contributed by atoms with E-state index in [-0.39, 0.29) is 18.1 Å². The number of hydrogen-bond donors (Lipinski definition) is 1. The van der Waals surface area contributed by atoms with E-state index in [4.69, 9.17) is 10.5 Å². The van der Waals surface area contributed by atoms with Gasteiger partial charge >= 0.3 is 6.09 Å². The van der Waals surface area contributed by atoms with Crippen molar-refractivity contribution in [3.05, 3.63) is 29.8 Å². The van der Waals surface area contributed by atoms with Crippen molar-refractivity contribution in [3.63, 3.8) is 0 Å². The monoisotopic (exact) mass is 456 g/mol. The van der Waals surface area contributed by atoms with Crippen molar-refractivity contribution in [1.82, 2.24) is 14.7 Å². The molecule has 2 N–H and O–H groups in total. The molecular weight excluding hydrogens is 424 g/mol. The molecule has 3 heterocycles. The molecule has 1 saturated carbocycles. The molecule has 3 aliphatic rings. The lowest BCUT2D eigenvalue weighted by Gasteiger charge is -2.42. The van der Waals surface area contributed by atoms with Crippen LogP contribution in [-0.4, -0.2) is 78.1 Å². The van der Waals surface area contributed by atoms with E-state index < -0.39 is 0 Å². The molecule has 1 aliphatic carbocycles. The number of nitrogen functional groups attached to an aromatic ring is 1. The molecule has 32 heavy (non-hydrogen) atoms. The number of nitrogens with two attached hydrogens (primary N) is 1. The Kier molecular flexibility index (Phi) is 6.24. The van der Waals surface area contributed by atoms with E-state index in [1.165, 1.54) is 24.2 Å². The first-order valence-corrected chi connectivity index (χ1v) is 12.7. The molecule has 0 atom stereocenters. The molecule has 3 fully saturated rings. The van der Waals surface area contributed by atoms with E-state index in [9.17, 15) is 9.59 Å². The third kappa shape index (κ3) is 4.30. The van der Waals surface area contributed by atoms with Crippen molar-refractivity contribution >= 4 is 38.4 Å². The quantitative estimate of drug-likeness (QED) is 0.760. The van der Waals surface area contributed by atoms with Crippen molar-refractivity contribution in [2.24, 2.45) is 0 Å². The number of benzene rings is 1. The van der Waals surface area contributed by atoms with Crippen molar-refractivity contribution in [2.75, 3.05) is 45.0 Å². The van der Waals surface area contributed by atoms with Crippen molar-refractivity contribution in [3.8, 4) is 0 Å². The van der Waals surface area contributed by atoms with Gasteiger partial charge < -0.3 is 20.3 Å². The van der Waals surface area contributed by atoms with Crippen LogP contribution in [0.4, 0.5) is 9.80 Å². The summed E-state index contributed by atoms with van der Waals surface area (Å²) in [7, 11) is 0. The van der Waals surface area contributed by atoms with Gasteiger partial charge in [-0.3, -0.25) is 9.69 Å². The minimum Gasteiger partial charge on any atom is -0.446 e. The van der Waals surface area contributed by atoms with Crippen LogP contribution in [0.3, 0.4) is 0 Å². The van der Waals surface area contributed by atoms with Gasteiger partial charge in [0.2, 0.25) is 0 Å². The lowest BCUT2D eigenvalue weighted by Crippen LogP contribution is -2.54. The fraction of sp³-hybridized carbons (Fsp3) is 0.583. The SMILES string of the molecule is Nc1sc2ccccc2c1C(=O)N1CCN(C2CCN(C(=O)OC3CCCC3)CC2)CC1. The number of carbonyl (C=O) groups is 2. The maximum absolute atomic E-state index is 13.2. The van der Waals surface area contributed by atoms with Gasteiger partial charge in [-0.25, -0.2) is 4.79 Å². The molecule has 7 nitrogen and oxygen atoms in total. The van der Waals surface area contributed by atoms with Crippen molar-refractivity contribution in [2.45, 2.75) is 50.7 Å². The number of ether oxygens (including phenoxy) is 1. The van der Waals surface area contributed by atoms with Crippen LogP contribution in [0.15, 0.2) is 24.3 Å². The number of nitrogens with zero attached hydrogens (tertiary/aromatic N) is 3. The lowest BCUT2D eigenvalue weighted by molar-refractivity contribution is 0.0324. The van der Waals surface area contributed by atoms with Gasteiger partial charge in [0.1, 0.15) is 6.10 Å². The van der Waals surface area contributed by atoms with E-state index in [0.29, 0.717) is 29.7 Å². The largest absolute Gasteiger partial charge is 0.446 e. The van der Waals surface area contributed by atoms with Gasteiger partial charge in [-0.2, -0.15) is 0 Å². The second-order valence-electron chi connectivity index (χ2n) is 9.17. The van der Waals surface area contributed by atoms with Gasteiger partial charge in [-0.1, -0.05) is 18.2 Å². The van der Waals surface area contributed by atoms with Gasteiger partial charge in [-0.15, -0.1) is 11.3 Å². The predicted octanol–water partition coefficient (Wildman–Crippen LogP) is 3.78. The van der Waals surface area contributed by atoms with E-state index >= 15 is 0 Å². The number of fused-ring (bicyclic) bond motifs is 1. The molecule has 2 amide bonds. The van der Waals surface area contributed by atoms with Gasteiger partial charge in [0.25, 0.3) is 5.91 Å². The summed E-state index contributed by atoms with van der Waals surface area (Å²) in [6.07, 6.45) is 6.29. The molecule has 0 bridgehead atoms. The summed E-state index contributed by atoms with van der Waals surface area (Å²) >= 11 is 1.48. The summed E-state index contributed by atoms with van der Waals surface area (Å²) in [5.41, 5.74) is 6.87.